The maximum absolute atomic E-state index is 11.7. The van der Waals surface area contributed by atoms with Gasteiger partial charge in [0.15, 0.2) is 0 Å². The Morgan fingerprint density at radius 2 is 2.14 bits per heavy atom. The summed E-state index contributed by atoms with van der Waals surface area (Å²) in [4.78, 5) is 11.7. The van der Waals surface area contributed by atoms with Gasteiger partial charge in [-0.3, -0.25) is 4.79 Å². The first kappa shape index (κ1) is 9.58. The van der Waals surface area contributed by atoms with Crippen molar-refractivity contribution in [3.05, 3.63) is 0 Å². The minimum atomic E-state index is 0.129. The number of carbonyl (C=O) groups excluding carboxylic acids is 1. The first-order valence-corrected chi connectivity index (χ1v) is 5.44. The largest absolute Gasteiger partial charge is 0.352 e. The second-order valence-electron chi connectivity index (χ2n) is 4.74. The molecule has 0 bridgehead atoms. The fourth-order valence-corrected chi connectivity index (χ4v) is 2.52. The van der Waals surface area contributed by atoms with E-state index in [1.54, 1.807) is 0 Å². The van der Waals surface area contributed by atoms with Crippen LogP contribution in [0, 0.1) is 30.1 Å². The fraction of sp³-hybridized carbons (Fsp3) is 0.750. The van der Waals surface area contributed by atoms with Crippen LogP contribution in [0.2, 0.25) is 0 Å². The highest BCUT2D eigenvalue weighted by molar-refractivity contribution is 5.79. The van der Waals surface area contributed by atoms with Crippen LogP contribution in [0.5, 0.6) is 0 Å². The van der Waals surface area contributed by atoms with Crippen molar-refractivity contribution in [3.8, 4) is 12.3 Å². The number of hydrogen-bond donors (Lipinski definition) is 1. The van der Waals surface area contributed by atoms with E-state index < -0.39 is 0 Å². The lowest BCUT2D eigenvalue weighted by Crippen LogP contribution is -2.36. The van der Waals surface area contributed by atoms with Crippen LogP contribution in [0.1, 0.15) is 32.6 Å². The summed E-state index contributed by atoms with van der Waals surface area (Å²) < 4.78 is 0. The Hall–Kier alpha value is -0.970. The average molecular weight is 191 g/mol. The Morgan fingerprint density at radius 1 is 1.50 bits per heavy atom. The second kappa shape index (κ2) is 3.65. The van der Waals surface area contributed by atoms with E-state index in [0.717, 1.165) is 24.7 Å². The molecule has 0 radical (unpaired) electrons. The number of carbonyl (C=O) groups is 1. The molecule has 0 aromatic heterocycles. The smallest absolute Gasteiger partial charge is 0.223 e. The van der Waals surface area contributed by atoms with Crippen molar-refractivity contribution in [2.45, 2.75) is 38.6 Å². The molecule has 2 nitrogen and oxygen atoms in total. The molecule has 76 valence electrons. The summed E-state index contributed by atoms with van der Waals surface area (Å²) in [5.74, 6) is 4.80. The van der Waals surface area contributed by atoms with E-state index in [0.29, 0.717) is 6.42 Å². The van der Waals surface area contributed by atoms with Gasteiger partial charge in [-0.15, -0.1) is 12.3 Å². The highest BCUT2D eigenvalue weighted by atomic mass is 16.1. The average Bonchev–Trinajstić information content (AvgIpc) is 2.74. The predicted octanol–water partition coefficient (Wildman–Crippen LogP) is 1.56. The van der Waals surface area contributed by atoms with Gasteiger partial charge in [0.25, 0.3) is 0 Å². The molecule has 3 atom stereocenters. The van der Waals surface area contributed by atoms with Gasteiger partial charge in [-0.1, -0.05) is 0 Å². The number of rotatable bonds is 3. The summed E-state index contributed by atoms with van der Waals surface area (Å²) in [5, 5.41) is 2.98. The van der Waals surface area contributed by atoms with E-state index in [9.17, 15) is 4.79 Å². The van der Waals surface area contributed by atoms with Gasteiger partial charge in [0.2, 0.25) is 5.91 Å². The zero-order valence-electron chi connectivity index (χ0n) is 8.62. The molecule has 0 heterocycles. The van der Waals surface area contributed by atoms with Crippen molar-refractivity contribution < 1.29 is 4.79 Å². The zero-order valence-corrected chi connectivity index (χ0v) is 8.62. The SMILES string of the molecule is C#CCC(C)NC(=O)C1CC2CC2C1. The summed E-state index contributed by atoms with van der Waals surface area (Å²) in [7, 11) is 0. The van der Waals surface area contributed by atoms with Crippen LogP contribution in [0.25, 0.3) is 0 Å². The van der Waals surface area contributed by atoms with Crippen molar-refractivity contribution in [2.24, 2.45) is 17.8 Å². The molecule has 0 aromatic rings. The molecule has 0 spiro atoms. The fourth-order valence-electron chi connectivity index (χ4n) is 2.52. The number of nitrogens with one attached hydrogen (secondary N) is 1. The number of amides is 1. The van der Waals surface area contributed by atoms with Gasteiger partial charge in [0, 0.05) is 18.4 Å². The van der Waals surface area contributed by atoms with E-state index in [-0.39, 0.29) is 17.9 Å². The summed E-state index contributed by atoms with van der Waals surface area (Å²) >= 11 is 0. The predicted molar refractivity (Wildman–Crippen MR) is 55.4 cm³/mol. The lowest BCUT2D eigenvalue weighted by molar-refractivity contribution is -0.125. The summed E-state index contributed by atoms with van der Waals surface area (Å²) in [6.45, 7) is 1.97. The molecular weight excluding hydrogens is 174 g/mol. The lowest BCUT2D eigenvalue weighted by atomic mass is 10.0. The van der Waals surface area contributed by atoms with Gasteiger partial charge >= 0.3 is 0 Å². The minimum absolute atomic E-state index is 0.129. The Balaban J connectivity index is 1.76. The van der Waals surface area contributed by atoms with Crippen LogP contribution in [0.15, 0.2) is 0 Å². The first-order valence-electron chi connectivity index (χ1n) is 5.44. The van der Waals surface area contributed by atoms with Crippen molar-refractivity contribution in [1.82, 2.24) is 5.32 Å². The van der Waals surface area contributed by atoms with Gasteiger partial charge in [-0.2, -0.15) is 0 Å². The van der Waals surface area contributed by atoms with Gasteiger partial charge in [0.05, 0.1) is 0 Å². The highest BCUT2D eigenvalue weighted by Gasteiger charge is 2.47. The van der Waals surface area contributed by atoms with Crippen LogP contribution in [0.4, 0.5) is 0 Å². The quantitative estimate of drug-likeness (QED) is 0.674. The van der Waals surface area contributed by atoms with Crippen molar-refractivity contribution in [1.29, 1.82) is 0 Å². The molecule has 1 N–H and O–H groups in total. The third-order valence-electron chi connectivity index (χ3n) is 3.43. The Kier molecular flexibility index (Phi) is 2.50. The lowest BCUT2D eigenvalue weighted by Gasteiger charge is -2.16. The third-order valence-corrected chi connectivity index (χ3v) is 3.43. The molecule has 2 rings (SSSR count). The van der Waals surface area contributed by atoms with Crippen molar-refractivity contribution >= 4 is 5.91 Å². The van der Waals surface area contributed by atoms with Gasteiger partial charge in [-0.05, 0) is 38.0 Å². The molecule has 3 unspecified atom stereocenters. The zero-order chi connectivity index (χ0) is 10.1. The number of fused-ring (bicyclic) bond motifs is 1. The third kappa shape index (κ3) is 1.92. The highest BCUT2D eigenvalue weighted by Crippen LogP contribution is 2.54. The molecule has 2 aliphatic rings. The summed E-state index contributed by atoms with van der Waals surface area (Å²) in [6, 6.07) is 0.129. The van der Waals surface area contributed by atoms with Gasteiger partial charge in [0.1, 0.15) is 0 Å². The van der Waals surface area contributed by atoms with E-state index in [4.69, 9.17) is 6.42 Å². The van der Waals surface area contributed by atoms with Crippen LogP contribution in [-0.2, 0) is 4.79 Å². The Bertz CT molecular complexity index is 269. The minimum Gasteiger partial charge on any atom is -0.352 e. The van der Waals surface area contributed by atoms with E-state index in [2.05, 4.69) is 11.2 Å². The molecule has 0 aliphatic heterocycles. The number of terminal acetylenes is 1. The van der Waals surface area contributed by atoms with Gasteiger partial charge in [-0.25, -0.2) is 0 Å². The molecular formula is C12H17NO. The Morgan fingerprint density at radius 3 is 2.71 bits per heavy atom. The maximum Gasteiger partial charge on any atom is 0.223 e. The van der Waals surface area contributed by atoms with Crippen molar-refractivity contribution in [2.75, 3.05) is 0 Å². The normalized spacial score (nSPS) is 35.6. The summed E-state index contributed by atoms with van der Waals surface area (Å²) in [6.07, 6.45) is 9.40. The molecule has 2 aliphatic carbocycles. The van der Waals surface area contributed by atoms with Crippen LogP contribution >= 0.6 is 0 Å². The molecule has 2 heteroatoms. The molecule has 0 saturated heterocycles. The molecule has 2 saturated carbocycles. The van der Waals surface area contributed by atoms with E-state index in [1.807, 2.05) is 6.92 Å². The monoisotopic (exact) mass is 191 g/mol. The van der Waals surface area contributed by atoms with Crippen LogP contribution < -0.4 is 5.32 Å². The Labute approximate surface area is 85.5 Å². The standard InChI is InChI=1S/C12H17NO/c1-3-4-8(2)13-12(14)11-6-9-5-10(9)7-11/h1,8-11H,4-7H2,2H3,(H,13,14). The summed E-state index contributed by atoms with van der Waals surface area (Å²) in [5.41, 5.74) is 0. The van der Waals surface area contributed by atoms with Crippen molar-refractivity contribution in [3.63, 3.8) is 0 Å². The molecule has 0 aromatic carbocycles. The van der Waals surface area contributed by atoms with E-state index in [1.165, 1.54) is 6.42 Å². The molecule has 1 amide bonds. The molecule has 14 heavy (non-hydrogen) atoms. The second-order valence-corrected chi connectivity index (χ2v) is 4.74. The van der Waals surface area contributed by atoms with Gasteiger partial charge < -0.3 is 5.32 Å². The first-order chi connectivity index (χ1) is 6.70. The maximum atomic E-state index is 11.7. The van der Waals surface area contributed by atoms with Crippen LogP contribution in [0.3, 0.4) is 0 Å². The number of hydrogen-bond acceptors (Lipinski definition) is 1. The molecule has 2 fully saturated rings. The van der Waals surface area contributed by atoms with Crippen LogP contribution in [-0.4, -0.2) is 11.9 Å². The topological polar surface area (TPSA) is 29.1 Å². The van der Waals surface area contributed by atoms with E-state index >= 15 is 0 Å².